The van der Waals surface area contributed by atoms with E-state index in [4.69, 9.17) is 32.7 Å². The Kier molecular flexibility index (Phi) is 4.76. The Morgan fingerprint density at radius 3 is 2.05 bits per heavy atom. The van der Waals surface area contributed by atoms with Crippen LogP contribution < -0.4 is 9.47 Å². The number of rotatable bonds is 4. The maximum Gasteiger partial charge on any atom is 0.168 e. The van der Waals surface area contributed by atoms with Crippen molar-refractivity contribution in [2.24, 2.45) is 0 Å². The number of ether oxygens (including phenoxy) is 2. The minimum Gasteiger partial charge on any atom is -0.493 e. The van der Waals surface area contributed by atoms with Crippen LogP contribution in [0.2, 0.25) is 10.0 Å². The van der Waals surface area contributed by atoms with Gasteiger partial charge in [0.05, 0.1) is 14.2 Å². The highest BCUT2D eigenvalue weighted by atomic mass is 35.5. The lowest BCUT2D eigenvalue weighted by Crippen LogP contribution is -1.99. The molecule has 21 heavy (non-hydrogen) atoms. The summed E-state index contributed by atoms with van der Waals surface area (Å²) in [6, 6.07) is 8.55. The molecule has 0 saturated heterocycles. The molecule has 0 aromatic heterocycles. The van der Waals surface area contributed by atoms with E-state index in [1.807, 2.05) is 0 Å². The Morgan fingerprint density at radius 1 is 0.952 bits per heavy atom. The Hall–Kier alpha value is -1.71. The van der Waals surface area contributed by atoms with Crippen LogP contribution in [0.15, 0.2) is 30.3 Å². The standard InChI is InChI=1S/C16H14Cl2O3/c1-9(19)10-6-14(16(21-3)15(7-10)20-2)11-4-12(17)8-13(18)5-11/h4-8H,1-3H3. The van der Waals surface area contributed by atoms with E-state index < -0.39 is 0 Å². The molecule has 2 aromatic carbocycles. The van der Waals surface area contributed by atoms with Gasteiger partial charge in [-0.15, -0.1) is 0 Å². The van der Waals surface area contributed by atoms with Gasteiger partial charge in [-0.25, -0.2) is 0 Å². The number of methoxy groups -OCH3 is 2. The molecule has 0 aliphatic rings. The van der Waals surface area contributed by atoms with Gasteiger partial charge in [-0.3, -0.25) is 4.79 Å². The minimum absolute atomic E-state index is 0.0645. The Morgan fingerprint density at radius 2 is 1.57 bits per heavy atom. The van der Waals surface area contributed by atoms with E-state index in [1.54, 1.807) is 37.4 Å². The van der Waals surface area contributed by atoms with Crippen molar-refractivity contribution in [1.82, 2.24) is 0 Å². The van der Waals surface area contributed by atoms with Gasteiger partial charge in [-0.2, -0.15) is 0 Å². The maximum atomic E-state index is 11.7. The molecular formula is C16H14Cl2O3. The molecule has 110 valence electrons. The summed E-state index contributed by atoms with van der Waals surface area (Å²) in [5.74, 6) is 0.947. The first-order valence-electron chi connectivity index (χ1n) is 6.19. The molecule has 0 spiro atoms. The molecule has 0 N–H and O–H groups in total. The number of carbonyl (C=O) groups excluding carboxylic acids is 1. The van der Waals surface area contributed by atoms with Crippen molar-refractivity contribution in [2.75, 3.05) is 14.2 Å². The highest BCUT2D eigenvalue weighted by Gasteiger charge is 2.16. The fourth-order valence-electron chi connectivity index (χ4n) is 2.09. The number of carbonyl (C=O) groups is 1. The van der Waals surface area contributed by atoms with Crippen molar-refractivity contribution in [3.8, 4) is 22.6 Å². The van der Waals surface area contributed by atoms with Crippen molar-refractivity contribution in [3.05, 3.63) is 45.9 Å². The molecule has 2 rings (SSSR count). The fourth-order valence-corrected chi connectivity index (χ4v) is 2.62. The van der Waals surface area contributed by atoms with Gasteiger partial charge >= 0.3 is 0 Å². The lowest BCUT2D eigenvalue weighted by molar-refractivity contribution is 0.101. The van der Waals surface area contributed by atoms with E-state index in [0.717, 1.165) is 5.56 Å². The van der Waals surface area contributed by atoms with E-state index in [-0.39, 0.29) is 5.78 Å². The van der Waals surface area contributed by atoms with E-state index in [0.29, 0.717) is 32.7 Å². The molecule has 0 radical (unpaired) electrons. The summed E-state index contributed by atoms with van der Waals surface area (Å²) in [5.41, 5.74) is 1.98. The molecule has 0 fully saturated rings. The summed E-state index contributed by atoms with van der Waals surface area (Å²) in [6.07, 6.45) is 0. The zero-order chi connectivity index (χ0) is 15.6. The van der Waals surface area contributed by atoms with Crippen LogP contribution in [0.5, 0.6) is 11.5 Å². The number of hydrogen-bond acceptors (Lipinski definition) is 3. The highest BCUT2D eigenvalue weighted by Crippen LogP contribution is 2.40. The molecule has 2 aromatic rings. The van der Waals surface area contributed by atoms with Gasteiger partial charge < -0.3 is 9.47 Å². The monoisotopic (exact) mass is 324 g/mol. The first-order valence-corrected chi connectivity index (χ1v) is 6.95. The first-order chi connectivity index (χ1) is 9.96. The molecule has 5 heteroatoms. The third-order valence-electron chi connectivity index (χ3n) is 3.06. The highest BCUT2D eigenvalue weighted by molar-refractivity contribution is 6.35. The molecule has 0 atom stereocenters. The number of benzene rings is 2. The average molecular weight is 325 g/mol. The van der Waals surface area contributed by atoms with E-state index in [9.17, 15) is 4.79 Å². The summed E-state index contributed by atoms with van der Waals surface area (Å²) in [5, 5.41) is 1.01. The van der Waals surface area contributed by atoms with Gasteiger partial charge in [0.15, 0.2) is 17.3 Å². The van der Waals surface area contributed by atoms with Gasteiger partial charge in [-0.05, 0) is 42.8 Å². The second-order valence-electron chi connectivity index (χ2n) is 4.47. The predicted molar refractivity (Wildman–Crippen MR) is 85.0 cm³/mol. The molecule has 0 saturated carbocycles. The Balaban J connectivity index is 2.75. The van der Waals surface area contributed by atoms with Crippen LogP contribution in [-0.2, 0) is 0 Å². The van der Waals surface area contributed by atoms with E-state index in [1.165, 1.54) is 14.0 Å². The average Bonchev–Trinajstić information content (AvgIpc) is 2.44. The number of Topliss-reactive ketones (excluding diaryl/α,β-unsaturated/α-hetero) is 1. The van der Waals surface area contributed by atoms with E-state index in [2.05, 4.69) is 0 Å². The third-order valence-corrected chi connectivity index (χ3v) is 3.50. The summed E-state index contributed by atoms with van der Waals surface area (Å²) >= 11 is 12.1. The lowest BCUT2D eigenvalue weighted by atomic mass is 9.99. The predicted octanol–water partition coefficient (Wildman–Crippen LogP) is 4.88. The van der Waals surface area contributed by atoms with Gasteiger partial charge in [0, 0.05) is 21.2 Å². The zero-order valence-corrected chi connectivity index (χ0v) is 13.4. The molecule has 0 amide bonds. The molecule has 0 aliphatic carbocycles. The molecule has 3 nitrogen and oxygen atoms in total. The van der Waals surface area contributed by atoms with Crippen LogP contribution in [0, 0.1) is 0 Å². The summed E-state index contributed by atoms with van der Waals surface area (Å²) in [6.45, 7) is 1.50. The van der Waals surface area contributed by atoms with Crippen LogP contribution >= 0.6 is 23.2 Å². The van der Waals surface area contributed by atoms with Crippen molar-refractivity contribution in [2.45, 2.75) is 6.92 Å². The third kappa shape index (κ3) is 3.31. The topological polar surface area (TPSA) is 35.5 Å². The zero-order valence-electron chi connectivity index (χ0n) is 11.9. The van der Waals surface area contributed by atoms with Crippen LogP contribution in [0.1, 0.15) is 17.3 Å². The van der Waals surface area contributed by atoms with Crippen molar-refractivity contribution >= 4 is 29.0 Å². The minimum atomic E-state index is -0.0645. The second-order valence-corrected chi connectivity index (χ2v) is 5.35. The largest absolute Gasteiger partial charge is 0.493 e. The van der Waals surface area contributed by atoms with Crippen LogP contribution in [0.4, 0.5) is 0 Å². The lowest BCUT2D eigenvalue weighted by Gasteiger charge is -2.15. The van der Waals surface area contributed by atoms with Crippen LogP contribution in [-0.4, -0.2) is 20.0 Å². The molecule has 0 heterocycles. The van der Waals surface area contributed by atoms with E-state index >= 15 is 0 Å². The summed E-state index contributed by atoms with van der Waals surface area (Å²) < 4.78 is 10.7. The second kappa shape index (κ2) is 6.37. The molecule has 0 aliphatic heterocycles. The summed E-state index contributed by atoms with van der Waals surface area (Å²) in [4.78, 5) is 11.7. The summed E-state index contributed by atoms with van der Waals surface area (Å²) in [7, 11) is 3.07. The van der Waals surface area contributed by atoms with Crippen molar-refractivity contribution in [3.63, 3.8) is 0 Å². The maximum absolute atomic E-state index is 11.7. The number of hydrogen-bond donors (Lipinski definition) is 0. The van der Waals surface area contributed by atoms with Gasteiger partial charge in [0.1, 0.15) is 0 Å². The smallest absolute Gasteiger partial charge is 0.168 e. The quantitative estimate of drug-likeness (QED) is 0.752. The van der Waals surface area contributed by atoms with Gasteiger partial charge in [-0.1, -0.05) is 23.2 Å². The van der Waals surface area contributed by atoms with Crippen molar-refractivity contribution < 1.29 is 14.3 Å². The Labute approximate surface area is 133 Å². The molecular weight excluding hydrogens is 311 g/mol. The SMILES string of the molecule is COc1cc(C(C)=O)cc(-c2cc(Cl)cc(Cl)c2)c1OC. The number of halogens is 2. The van der Waals surface area contributed by atoms with Crippen LogP contribution in [0.25, 0.3) is 11.1 Å². The first kappa shape index (κ1) is 15.7. The van der Waals surface area contributed by atoms with Crippen LogP contribution in [0.3, 0.4) is 0 Å². The molecule has 0 unspecified atom stereocenters. The fraction of sp³-hybridized carbons (Fsp3) is 0.188. The number of ketones is 1. The normalized spacial score (nSPS) is 10.3. The van der Waals surface area contributed by atoms with Gasteiger partial charge in [0.2, 0.25) is 0 Å². The Bertz CT molecular complexity index is 676. The molecule has 0 bridgehead atoms. The van der Waals surface area contributed by atoms with Crippen molar-refractivity contribution in [1.29, 1.82) is 0 Å². The van der Waals surface area contributed by atoms with Gasteiger partial charge in [0.25, 0.3) is 0 Å².